The van der Waals surface area contributed by atoms with Crippen LogP contribution in [0.3, 0.4) is 0 Å². The second kappa shape index (κ2) is 16.4. The number of para-hydroxylation sites is 2. The van der Waals surface area contributed by atoms with Crippen LogP contribution >= 0.6 is 0 Å². The lowest BCUT2D eigenvalue weighted by molar-refractivity contribution is -0.142. The van der Waals surface area contributed by atoms with E-state index in [1.54, 1.807) is 30.3 Å². The number of hydrogen-bond acceptors (Lipinski definition) is 1. The highest BCUT2D eigenvalue weighted by molar-refractivity contribution is 6.12. The monoisotopic (exact) mass is 929 g/mol. The first kappa shape index (κ1) is 44.2. The Morgan fingerprint density at radius 1 is 0.400 bits per heavy atom. The third-order valence-corrected chi connectivity index (χ3v) is 13.6. The number of alkyl halides is 6. The van der Waals surface area contributed by atoms with Gasteiger partial charge in [-0.1, -0.05) is 108 Å². The molecule has 70 heavy (non-hydrogen) atoms. The van der Waals surface area contributed by atoms with Gasteiger partial charge in [0.25, 0.3) is 0 Å². The number of nitrogens with zero attached hydrogens (tertiary/aromatic N) is 3. The molecular formula is C61H41F6N3. The van der Waals surface area contributed by atoms with Crippen LogP contribution in [0, 0.1) is 39.0 Å². The van der Waals surface area contributed by atoms with Gasteiger partial charge in [0.15, 0.2) is 0 Å². The van der Waals surface area contributed by atoms with Gasteiger partial charge in [-0.15, -0.1) is 0 Å². The molecule has 11 rings (SSSR count). The molecule has 0 bridgehead atoms. The van der Waals surface area contributed by atoms with Crippen LogP contribution in [0.4, 0.5) is 26.3 Å². The predicted molar refractivity (Wildman–Crippen MR) is 271 cm³/mol. The quantitative estimate of drug-likeness (QED) is 0.153. The number of rotatable bonds is 6. The van der Waals surface area contributed by atoms with Crippen LogP contribution in [0.25, 0.3) is 99.5 Å². The van der Waals surface area contributed by atoms with E-state index >= 15 is 26.3 Å². The Morgan fingerprint density at radius 3 is 1.43 bits per heavy atom. The van der Waals surface area contributed by atoms with E-state index in [1.165, 1.54) is 6.07 Å². The molecule has 0 fully saturated rings. The molecule has 0 saturated carbocycles. The molecule has 2 heterocycles. The summed E-state index contributed by atoms with van der Waals surface area (Å²) in [5, 5.41) is 14.1. The summed E-state index contributed by atoms with van der Waals surface area (Å²) < 4.78 is 95.4. The number of fused-ring (bicyclic) bond motifs is 6. The summed E-state index contributed by atoms with van der Waals surface area (Å²) in [7, 11) is 0. The van der Waals surface area contributed by atoms with Gasteiger partial charge in [-0.3, -0.25) is 0 Å². The number of hydrogen-bond donors (Lipinski definition) is 0. The molecule has 11 aromatic rings. The largest absolute Gasteiger partial charge is 0.417 e. The lowest BCUT2D eigenvalue weighted by Crippen LogP contribution is -2.14. The highest BCUT2D eigenvalue weighted by atomic mass is 19.4. The number of benzene rings is 9. The summed E-state index contributed by atoms with van der Waals surface area (Å²) in [5.74, 6) is 0. The maximum Gasteiger partial charge on any atom is 0.417 e. The van der Waals surface area contributed by atoms with E-state index in [-0.39, 0.29) is 22.3 Å². The standard InChI is InChI=1S/C61H41F6N3/c1-35-16-22-43(37(3)28-35)40-19-26-56-50(31-40)45-10-5-7-14-54(45)69(56)42-21-24-47(59-52(60(62,63)64)12-9-13-53(59)61(65,66)67)48(33-42)49-30-39(34-68)18-25-57(49)70-55-15-8-6-11-46(55)51-32-41(20-27-58(51)70)44-23-17-36(2)29-38(44)4/h5-33H,1-4H3. The molecule has 9 heteroatoms. The topological polar surface area (TPSA) is 33.6 Å². The van der Waals surface area contributed by atoms with Gasteiger partial charge in [0, 0.05) is 38.4 Å². The van der Waals surface area contributed by atoms with E-state index < -0.39 is 29.0 Å². The predicted octanol–water partition coefficient (Wildman–Crippen LogP) is 17.7. The van der Waals surface area contributed by atoms with Crippen molar-refractivity contribution in [2.45, 2.75) is 40.0 Å². The summed E-state index contributed by atoms with van der Waals surface area (Å²) in [6.07, 6.45) is -10.3. The van der Waals surface area contributed by atoms with Gasteiger partial charge in [-0.05, 0) is 151 Å². The molecule has 0 unspecified atom stereocenters. The summed E-state index contributed by atoms with van der Waals surface area (Å²) >= 11 is 0. The molecule has 3 nitrogen and oxygen atoms in total. The van der Waals surface area contributed by atoms with Crippen molar-refractivity contribution in [2.75, 3.05) is 0 Å². The molecule has 0 spiro atoms. The van der Waals surface area contributed by atoms with E-state index in [1.807, 2.05) is 95.8 Å². The SMILES string of the molecule is Cc1ccc(-c2ccc3c(c2)c2ccccc2n3-c2ccc(-c3c(C(F)(F)F)cccc3C(F)(F)F)c(-c3cc(C#N)ccc3-n3c4ccccc4c4cc(-c5ccc(C)cc5C)ccc43)c2)c(C)c1. The van der Waals surface area contributed by atoms with Crippen molar-refractivity contribution in [2.24, 2.45) is 0 Å². The van der Waals surface area contributed by atoms with Crippen LogP contribution in [-0.4, -0.2) is 9.13 Å². The lowest BCUT2D eigenvalue weighted by Gasteiger charge is -2.23. The fourth-order valence-electron chi connectivity index (χ4n) is 10.5. The Bertz CT molecular complexity index is 3960. The second-order valence-electron chi connectivity index (χ2n) is 18.1. The fraction of sp³-hybridized carbons (Fsp3) is 0.0984. The van der Waals surface area contributed by atoms with Crippen LogP contribution in [-0.2, 0) is 12.4 Å². The molecule has 0 aliphatic rings. The van der Waals surface area contributed by atoms with Gasteiger partial charge < -0.3 is 9.13 Å². The average molecular weight is 930 g/mol. The van der Waals surface area contributed by atoms with Crippen LogP contribution < -0.4 is 0 Å². The summed E-state index contributed by atoms with van der Waals surface area (Å²) in [6.45, 7) is 8.22. The highest BCUT2D eigenvalue weighted by Gasteiger charge is 2.42. The average Bonchev–Trinajstić information content (AvgIpc) is 3.85. The van der Waals surface area contributed by atoms with Crippen molar-refractivity contribution in [3.63, 3.8) is 0 Å². The first-order valence-corrected chi connectivity index (χ1v) is 22.8. The molecule has 0 aliphatic heterocycles. The first-order chi connectivity index (χ1) is 33.6. The van der Waals surface area contributed by atoms with Gasteiger partial charge >= 0.3 is 12.4 Å². The van der Waals surface area contributed by atoms with Crippen LogP contribution in [0.5, 0.6) is 0 Å². The molecule has 2 aromatic heterocycles. The Morgan fingerprint density at radius 2 is 0.900 bits per heavy atom. The lowest BCUT2D eigenvalue weighted by atomic mass is 9.86. The number of nitriles is 1. The van der Waals surface area contributed by atoms with Gasteiger partial charge in [0.2, 0.25) is 0 Å². The third kappa shape index (κ3) is 7.30. The zero-order chi connectivity index (χ0) is 48.8. The summed E-state index contributed by atoms with van der Waals surface area (Å²) in [6, 6.07) is 54.3. The molecule has 0 saturated heterocycles. The highest BCUT2D eigenvalue weighted by Crippen LogP contribution is 2.50. The molecule has 0 amide bonds. The molecule has 0 radical (unpaired) electrons. The molecule has 9 aromatic carbocycles. The van der Waals surface area contributed by atoms with Crippen LogP contribution in [0.15, 0.2) is 176 Å². The maximum atomic E-state index is 15.2. The minimum absolute atomic E-state index is 0.0717. The van der Waals surface area contributed by atoms with E-state index in [9.17, 15) is 5.26 Å². The van der Waals surface area contributed by atoms with Gasteiger partial charge in [-0.25, -0.2) is 0 Å². The fourth-order valence-corrected chi connectivity index (χ4v) is 10.5. The first-order valence-electron chi connectivity index (χ1n) is 22.8. The van der Waals surface area contributed by atoms with E-state index in [4.69, 9.17) is 0 Å². The number of halogens is 6. The summed E-state index contributed by atoms with van der Waals surface area (Å²) in [5.41, 5.74) is 8.99. The van der Waals surface area contributed by atoms with Crippen molar-refractivity contribution in [1.29, 1.82) is 5.26 Å². The maximum absolute atomic E-state index is 15.2. The Labute approximate surface area is 399 Å². The molecule has 0 aliphatic carbocycles. The van der Waals surface area contributed by atoms with Crippen molar-refractivity contribution in [1.82, 2.24) is 9.13 Å². The minimum atomic E-state index is -5.16. The Kier molecular flexibility index (Phi) is 10.4. The van der Waals surface area contributed by atoms with Crippen molar-refractivity contribution in [3.8, 4) is 62.0 Å². The van der Waals surface area contributed by atoms with Crippen molar-refractivity contribution < 1.29 is 26.3 Å². The van der Waals surface area contributed by atoms with Gasteiger partial charge in [-0.2, -0.15) is 31.6 Å². The zero-order valence-electron chi connectivity index (χ0n) is 38.4. The number of aromatic nitrogens is 2. The second-order valence-corrected chi connectivity index (χ2v) is 18.1. The van der Waals surface area contributed by atoms with Crippen molar-refractivity contribution in [3.05, 3.63) is 215 Å². The zero-order valence-corrected chi connectivity index (χ0v) is 38.4. The number of aryl methyl sites for hydroxylation is 4. The van der Waals surface area contributed by atoms with Gasteiger partial charge in [0.1, 0.15) is 0 Å². The van der Waals surface area contributed by atoms with Gasteiger partial charge in [0.05, 0.1) is 50.5 Å². The summed E-state index contributed by atoms with van der Waals surface area (Å²) in [4.78, 5) is 0. The van der Waals surface area contributed by atoms with Crippen LogP contribution in [0.2, 0.25) is 0 Å². The normalized spacial score (nSPS) is 12.1. The molecular weight excluding hydrogens is 889 g/mol. The Balaban J connectivity index is 1.23. The van der Waals surface area contributed by atoms with E-state index in [2.05, 4.69) is 68.4 Å². The molecule has 0 N–H and O–H groups in total. The van der Waals surface area contributed by atoms with E-state index in [0.717, 1.165) is 94.2 Å². The van der Waals surface area contributed by atoms with Crippen molar-refractivity contribution >= 4 is 43.6 Å². The minimum Gasteiger partial charge on any atom is -0.309 e. The van der Waals surface area contributed by atoms with E-state index in [0.29, 0.717) is 23.5 Å². The molecule has 0 atom stereocenters. The Hall–Kier alpha value is -8.35. The smallest absolute Gasteiger partial charge is 0.309 e. The van der Waals surface area contributed by atoms with Crippen LogP contribution in [0.1, 0.15) is 38.9 Å². The third-order valence-electron chi connectivity index (χ3n) is 13.6. The molecule has 342 valence electrons.